The number of piperidine rings is 1. The van der Waals surface area contributed by atoms with Gasteiger partial charge in [-0.05, 0) is 44.0 Å². The molecular formula is C12H17NO3S. The van der Waals surface area contributed by atoms with Gasteiger partial charge in [0.05, 0.1) is 4.90 Å². The van der Waals surface area contributed by atoms with E-state index in [1.54, 1.807) is 4.31 Å². The van der Waals surface area contributed by atoms with Crippen LogP contribution in [0.15, 0.2) is 29.2 Å². The van der Waals surface area contributed by atoms with E-state index < -0.39 is 10.0 Å². The summed E-state index contributed by atoms with van der Waals surface area (Å²) in [4.78, 5) is 0.254. The summed E-state index contributed by atoms with van der Waals surface area (Å²) in [6.45, 7) is 2.53. The maximum atomic E-state index is 12.4. The molecule has 0 aromatic heterocycles. The zero-order valence-electron chi connectivity index (χ0n) is 9.83. The number of phenols is 1. The molecule has 4 nitrogen and oxygen atoms in total. The van der Waals surface area contributed by atoms with Crippen LogP contribution in [0.2, 0.25) is 0 Å². The van der Waals surface area contributed by atoms with E-state index in [0.717, 1.165) is 19.3 Å². The molecule has 1 fully saturated rings. The van der Waals surface area contributed by atoms with E-state index >= 15 is 0 Å². The molecule has 2 rings (SSSR count). The molecule has 1 aliphatic heterocycles. The van der Waals surface area contributed by atoms with Crippen molar-refractivity contribution in [2.45, 2.75) is 37.1 Å². The first kappa shape index (κ1) is 12.4. The highest BCUT2D eigenvalue weighted by molar-refractivity contribution is 7.89. The van der Waals surface area contributed by atoms with Crippen LogP contribution in [-0.4, -0.2) is 30.4 Å². The second-order valence-corrected chi connectivity index (χ2v) is 6.35. The van der Waals surface area contributed by atoms with Crippen LogP contribution >= 0.6 is 0 Å². The first-order chi connectivity index (χ1) is 8.01. The van der Waals surface area contributed by atoms with E-state index in [2.05, 4.69) is 0 Å². The second-order valence-electron chi connectivity index (χ2n) is 4.45. The quantitative estimate of drug-likeness (QED) is 0.878. The Bertz CT molecular complexity index is 481. The molecular weight excluding hydrogens is 238 g/mol. The fourth-order valence-electron chi connectivity index (χ4n) is 2.18. The Kier molecular flexibility index (Phi) is 3.40. The van der Waals surface area contributed by atoms with Gasteiger partial charge >= 0.3 is 0 Å². The average Bonchev–Trinajstić information content (AvgIpc) is 2.30. The third-order valence-electron chi connectivity index (χ3n) is 3.19. The summed E-state index contributed by atoms with van der Waals surface area (Å²) < 4.78 is 26.3. The molecule has 0 bridgehead atoms. The minimum Gasteiger partial charge on any atom is -0.508 e. The fraction of sp³-hybridized carbons (Fsp3) is 0.500. The van der Waals surface area contributed by atoms with Crippen LogP contribution < -0.4 is 0 Å². The van der Waals surface area contributed by atoms with Crippen molar-refractivity contribution >= 4 is 10.0 Å². The Hall–Kier alpha value is -1.07. The summed E-state index contributed by atoms with van der Waals surface area (Å²) in [5.41, 5.74) is 0. The molecule has 1 aromatic carbocycles. The normalized spacial score (nSPS) is 22.5. The summed E-state index contributed by atoms with van der Waals surface area (Å²) in [6, 6.07) is 5.77. The Morgan fingerprint density at radius 1 is 1.24 bits per heavy atom. The Morgan fingerprint density at radius 3 is 2.47 bits per heavy atom. The standard InChI is InChI=1S/C12H17NO3S/c1-10-4-2-3-9-13(10)17(15,16)12-7-5-11(14)6-8-12/h5-8,10,14H,2-4,9H2,1H3. The van der Waals surface area contributed by atoms with Gasteiger partial charge in [0.15, 0.2) is 0 Å². The van der Waals surface area contributed by atoms with Gasteiger partial charge < -0.3 is 5.11 Å². The topological polar surface area (TPSA) is 57.6 Å². The monoisotopic (exact) mass is 255 g/mol. The average molecular weight is 255 g/mol. The fourth-order valence-corrected chi connectivity index (χ4v) is 3.88. The molecule has 1 heterocycles. The minimum absolute atomic E-state index is 0.0579. The number of benzene rings is 1. The summed E-state index contributed by atoms with van der Waals surface area (Å²) in [5.74, 6) is 0.0793. The summed E-state index contributed by atoms with van der Waals surface area (Å²) in [5, 5.41) is 9.18. The first-order valence-corrected chi connectivity index (χ1v) is 7.27. The van der Waals surface area contributed by atoms with Crippen LogP contribution in [0.4, 0.5) is 0 Å². The molecule has 1 aromatic rings. The lowest BCUT2D eigenvalue weighted by atomic mass is 10.1. The number of phenolic OH excluding ortho intramolecular Hbond substituents is 1. The molecule has 1 aliphatic rings. The molecule has 1 atom stereocenters. The van der Waals surface area contributed by atoms with Crippen molar-refractivity contribution in [1.29, 1.82) is 0 Å². The summed E-state index contributed by atoms with van der Waals surface area (Å²) in [6.07, 6.45) is 2.92. The van der Waals surface area contributed by atoms with Crippen molar-refractivity contribution < 1.29 is 13.5 Å². The van der Waals surface area contributed by atoms with Gasteiger partial charge in [0, 0.05) is 12.6 Å². The minimum atomic E-state index is -3.41. The first-order valence-electron chi connectivity index (χ1n) is 5.83. The molecule has 5 heteroatoms. The van der Waals surface area contributed by atoms with Crippen LogP contribution in [0.25, 0.3) is 0 Å². The third kappa shape index (κ3) is 2.45. The van der Waals surface area contributed by atoms with Crippen LogP contribution in [0, 0.1) is 0 Å². The van der Waals surface area contributed by atoms with Gasteiger partial charge in [-0.25, -0.2) is 8.42 Å². The lowest BCUT2D eigenvalue weighted by Gasteiger charge is -2.32. The maximum absolute atomic E-state index is 12.4. The van der Waals surface area contributed by atoms with Crippen LogP contribution in [0.1, 0.15) is 26.2 Å². The predicted molar refractivity (Wildman–Crippen MR) is 65.3 cm³/mol. The van der Waals surface area contributed by atoms with E-state index in [4.69, 9.17) is 0 Å². The number of hydrogen-bond acceptors (Lipinski definition) is 3. The molecule has 17 heavy (non-hydrogen) atoms. The Morgan fingerprint density at radius 2 is 1.88 bits per heavy atom. The number of aromatic hydroxyl groups is 1. The smallest absolute Gasteiger partial charge is 0.243 e. The van der Waals surface area contributed by atoms with Crippen molar-refractivity contribution in [2.24, 2.45) is 0 Å². The van der Waals surface area contributed by atoms with E-state index in [1.807, 2.05) is 6.92 Å². The molecule has 94 valence electrons. The van der Waals surface area contributed by atoms with Crippen molar-refractivity contribution in [3.63, 3.8) is 0 Å². The maximum Gasteiger partial charge on any atom is 0.243 e. The largest absolute Gasteiger partial charge is 0.508 e. The van der Waals surface area contributed by atoms with E-state index in [1.165, 1.54) is 24.3 Å². The zero-order chi connectivity index (χ0) is 12.5. The van der Waals surface area contributed by atoms with Gasteiger partial charge in [-0.1, -0.05) is 6.42 Å². The van der Waals surface area contributed by atoms with Crippen molar-refractivity contribution in [3.8, 4) is 5.75 Å². The second kappa shape index (κ2) is 4.66. The summed E-state index contributed by atoms with van der Waals surface area (Å²) >= 11 is 0. The number of hydrogen-bond donors (Lipinski definition) is 1. The van der Waals surface area contributed by atoms with Gasteiger partial charge in [-0.3, -0.25) is 0 Å². The SMILES string of the molecule is CC1CCCCN1S(=O)(=O)c1ccc(O)cc1. The van der Waals surface area contributed by atoms with Gasteiger partial charge in [0.25, 0.3) is 0 Å². The highest BCUT2D eigenvalue weighted by atomic mass is 32.2. The van der Waals surface area contributed by atoms with Crippen LogP contribution in [-0.2, 0) is 10.0 Å². The molecule has 0 spiro atoms. The van der Waals surface area contributed by atoms with Crippen LogP contribution in [0.5, 0.6) is 5.75 Å². The molecule has 0 aliphatic carbocycles. The predicted octanol–water partition coefficient (Wildman–Crippen LogP) is 1.96. The lowest BCUT2D eigenvalue weighted by Crippen LogP contribution is -2.41. The lowest BCUT2D eigenvalue weighted by molar-refractivity contribution is 0.268. The van der Waals surface area contributed by atoms with E-state index in [-0.39, 0.29) is 16.7 Å². The number of rotatable bonds is 2. The molecule has 1 saturated heterocycles. The number of nitrogens with zero attached hydrogens (tertiary/aromatic N) is 1. The third-order valence-corrected chi connectivity index (χ3v) is 5.21. The molecule has 1 N–H and O–H groups in total. The Labute approximate surface area is 102 Å². The van der Waals surface area contributed by atoms with Crippen molar-refractivity contribution in [1.82, 2.24) is 4.31 Å². The highest BCUT2D eigenvalue weighted by Gasteiger charge is 2.30. The summed E-state index contributed by atoms with van der Waals surface area (Å²) in [7, 11) is -3.41. The highest BCUT2D eigenvalue weighted by Crippen LogP contribution is 2.25. The van der Waals surface area contributed by atoms with Gasteiger partial charge in [-0.2, -0.15) is 4.31 Å². The molecule has 0 saturated carbocycles. The van der Waals surface area contributed by atoms with Gasteiger partial charge in [0.2, 0.25) is 10.0 Å². The van der Waals surface area contributed by atoms with Crippen molar-refractivity contribution in [3.05, 3.63) is 24.3 Å². The van der Waals surface area contributed by atoms with Gasteiger partial charge in [0.1, 0.15) is 5.75 Å². The van der Waals surface area contributed by atoms with Crippen LogP contribution in [0.3, 0.4) is 0 Å². The molecule has 0 radical (unpaired) electrons. The van der Waals surface area contributed by atoms with E-state index in [0.29, 0.717) is 6.54 Å². The van der Waals surface area contributed by atoms with Crippen molar-refractivity contribution in [2.75, 3.05) is 6.54 Å². The van der Waals surface area contributed by atoms with Gasteiger partial charge in [-0.15, -0.1) is 0 Å². The number of sulfonamides is 1. The van der Waals surface area contributed by atoms with E-state index in [9.17, 15) is 13.5 Å². The zero-order valence-corrected chi connectivity index (χ0v) is 10.7. The molecule has 1 unspecified atom stereocenters. The Balaban J connectivity index is 2.32. The molecule has 0 amide bonds.